The van der Waals surface area contributed by atoms with E-state index < -0.39 is 21.7 Å². The Morgan fingerprint density at radius 1 is 1.11 bits per heavy atom. The Hall–Kier alpha value is -3.46. The predicted molar refractivity (Wildman–Crippen MR) is 102 cm³/mol. The molecule has 0 atom stereocenters. The van der Waals surface area contributed by atoms with Crippen LogP contribution >= 0.6 is 0 Å². The highest BCUT2D eigenvalue weighted by atomic mass is 32.2. The Kier molecular flexibility index (Phi) is 4.78. The van der Waals surface area contributed by atoms with Crippen LogP contribution in [0.5, 0.6) is 11.5 Å². The molecule has 3 aromatic rings. The summed E-state index contributed by atoms with van der Waals surface area (Å²) in [5.74, 6) is -0.612. The molecule has 3 rings (SSSR count). The van der Waals surface area contributed by atoms with Gasteiger partial charge in [-0.1, -0.05) is 12.1 Å². The standard InChI is InChI=1S/C18H16N4O4S/c1-27(24,25)16-9-11(17(23)22-18(19)20)5-6-15(16)26-14-4-2-3-12-10-21-8-7-13(12)14/h2-10H,1H3,(H4,19,20,22,23). The summed E-state index contributed by atoms with van der Waals surface area (Å²) in [4.78, 5) is 19.3. The van der Waals surface area contributed by atoms with Gasteiger partial charge in [0.05, 0.1) is 0 Å². The number of carbonyl (C=O) groups excluding carboxylic acids is 1. The van der Waals surface area contributed by atoms with E-state index in [0.717, 1.165) is 17.0 Å². The van der Waals surface area contributed by atoms with Crippen molar-refractivity contribution in [2.45, 2.75) is 4.90 Å². The fourth-order valence-corrected chi connectivity index (χ4v) is 3.31. The van der Waals surface area contributed by atoms with Crippen LogP contribution in [0.15, 0.2) is 64.7 Å². The van der Waals surface area contributed by atoms with E-state index in [-0.39, 0.29) is 16.2 Å². The van der Waals surface area contributed by atoms with Gasteiger partial charge in [-0.25, -0.2) is 8.42 Å². The maximum Gasteiger partial charge on any atom is 0.280 e. The summed E-state index contributed by atoms with van der Waals surface area (Å²) in [5, 5.41) is 1.61. The van der Waals surface area contributed by atoms with Crippen molar-refractivity contribution in [2.24, 2.45) is 16.5 Å². The number of carbonyl (C=O) groups is 1. The molecule has 138 valence electrons. The van der Waals surface area contributed by atoms with Gasteiger partial charge in [-0.2, -0.15) is 4.99 Å². The van der Waals surface area contributed by atoms with Gasteiger partial charge in [0, 0.05) is 35.0 Å². The van der Waals surface area contributed by atoms with Crippen molar-refractivity contribution in [3.8, 4) is 11.5 Å². The molecule has 0 bridgehead atoms. The van der Waals surface area contributed by atoms with Crippen molar-refractivity contribution in [3.63, 3.8) is 0 Å². The third kappa shape index (κ3) is 4.04. The van der Waals surface area contributed by atoms with E-state index in [9.17, 15) is 13.2 Å². The SMILES string of the molecule is CS(=O)(=O)c1cc(C(=O)N=C(N)N)ccc1Oc1cccc2cnccc12. The molecule has 1 aromatic heterocycles. The van der Waals surface area contributed by atoms with Gasteiger partial charge in [-0.05, 0) is 30.3 Å². The number of benzene rings is 2. The Morgan fingerprint density at radius 2 is 1.89 bits per heavy atom. The van der Waals surface area contributed by atoms with Crippen LogP contribution in [0.25, 0.3) is 10.8 Å². The summed E-state index contributed by atoms with van der Waals surface area (Å²) in [6, 6.07) is 11.1. The summed E-state index contributed by atoms with van der Waals surface area (Å²) in [6.45, 7) is 0. The molecule has 0 aliphatic rings. The van der Waals surface area contributed by atoms with E-state index in [1.807, 2.05) is 6.07 Å². The van der Waals surface area contributed by atoms with Gasteiger partial charge in [0.1, 0.15) is 16.4 Å². The second-order valence-corrected chi connectivity index (χ2v) is 7.71. The monoisotopic (exact) mass is 384 g/mol. The van der Waals surface area contributed by atoms with E-state index in [1.165, 1.54) is 18.2 Å². The highest BCUT2D eigenvalue weighted by Gasteiger charge is 2.19. The van der Waals surface area contributed by atoms with E-state index in [0.29, 0.717) is 5.75 Å². The molecule has 27 heavy (non-hydrogen) atoms. The first-order chi connectivity index (χ1) is 12.8. The summed E-state index contributed by atoms with van der Waals surface area (Å²) < 4.78 is 30.3. The first kappa shape index (κ1) is 18.3. The molecule has 2 aromatic carbocycles. The summed E-state index contributed by atoms with van der Waals surface area (Å²) in [7, 11) is -3.69. The molecule has 1 amide bonds. The van der Waals surface area contributed by atoms with Crippen LogP contribution in [0.2, 0.25) is 0 Å². The van der Waals surface area contributed by atoms with Gasteiger partial charge in [0.25, 0.3) is 5.91 Å². The van der Waals surface area contributed by atoms with Gasteiger partial charge in [0.15, 0.2) is 15.8 Å². The molecular formula is C18H16N4O4S. The average molecular weight is 384 g/mol. The smallest absolute Gasteiger partial charge is 0.280 e. The van der Waals surface area contributed by atoms with Crippen LogP contribution in [0.4, 0.5) is 0 Å². The zero-order valence-corrected chi connectivity index (χ0v) is 15.1. The van der Waals surface area contributed by atoms with Crippen molar-refractivity contribution in [1.29, 1.82) is 0 Å². The Morgan fingerprint density at radius 3 is 2.59 bits per heavy atom. The number of nitrogens with zero attached hydrogens (tertiary/aromatic N) is 2. The van der Waals surface area contributed by atoms with Crippen molar-refractivity contribution in [1.82, 2.24) is 4.98 Å². The lowest BCUT2D eigenvalue weighted by molar-refractivity contribution is 0.100. The molecule has 0 saturated heterocycles. The molecule has 8 nitrogen and oxygen atoms in total. The third-order valence-electron chi connectivity index (χ3n) is 3.68. The third-order valence-corrected chi connectivity index (χ3v) is 4.80. The minimum absolute atomic E-state index is 0.0262. The van der Waals surface area contributed by atoms with Gasteiger partial charge in [-0.3, -0.25) is 9.78 Å². The normalized spacial score (nSPS) is 11.1. The number of hydrogen-bond donors (Lipinski definition) is 2. The van der Waals surface area contributed by atoms with Gasteiger partial charge in [0.2, 0.25) is 0 Å². The topological polar surface area (TPSA) is 138 Å². The van der Waals surface area contributed by atoms with E-state index in [1.54, 1.807) is 30.6 Å². The molecule has 0 fully saturated rings. The largest absolute Gasteiger partial charge is 0.455 e. The molecular weight excluding hydrogens is 368 g/mol. The molecule has 0 spiro atoms. The first-order valence-electron chi connectivity index (χ1n) is 7.74. The van der Waals surface area contributed by atoms with Crippen LogP contribution in [0, 0.1) is 0 Å². The van der Waals surface area contributed by atoms with Crippen LogP contribution in [-0.2, 0) is 9.84 Å². The number of pyridine rings is 1. The number of hydrogen-bond acceptors (Lipinski definition) is 5. The maximum atomic E-state index is 12.2. The molecule has 0 aliphatic carbocycles. The van der Waals surface area contributed by atoms with Crippen molar-refractivity contribution in [3.05, 3.63) is 60.4 Å². The van der Waals surface area contributed by atoms with Crippen LogP contribution in [0.1, 0.15) is 10.4 Å². The van der Waals surface area contributed by atoms with Crippen LogP contribution in [0.3, 0.4) is 0 Å². The molecule has 1 heterocycles. The molecule has 0 unspecified atom stereocenters. The number of amides is 1. The van der Waals surface area contributed by atoms with E-state index in [2.05, 4.69) is 9.98 Å². The van der Waals surface area contributed by atoms with Crippen molar-refractivity contribution >= 4 is 32.5 Å². The minimum atomic E-state index is -3.69. The lowest BCUT2D eigenvalue weighted by atomic mass is 10.1. The molecule has 9 heteroatoms. The molecule has 0 radical (unpaired) electrons. The van der Waals surface area contributed by atoms with Crippen molar-refractivity contribution in [2.75, 3.05) is 6.26 Å². The second kappa shape index (κ2) is 7.04. The number of ether oxygens (including phenoxy) is 1. The molecule has 4 N–H and O–H groups in total. The predicted octanol–water partition coefficient (Wildman–Crippen LogP) is 1.84. The van der Waals surface area contributed by atoms with Gasteiger partial charge >= 0.3 is 0 Å². The van der Waals surface area contributed by atoms with Gasteiger partial charge in [-0.15, -0.1) is 0 Å². The van der Waals surface area contributed by atoms with Crippen LogP contribution < -0.4 is 16.2 Å². The van der Waals surface area contributed by atoms with Crippen molar-refractivity contribution < 1.29 is 17.9 Å². The fourth-order valence-electron chi connectivity index (χ4n) is 2.50. The number of aliphatic imine (C=N–C) groups is 1. The summed E-state index contributed by atoms with van der Waals surface area (Å²) >= 11 is 0. The Balaban J connectivity index is 2.10. The quantitative estimate of drug-likeness (QED) is 0.517. The first-order valence-corrected chi connectivity index (χ1v) is 9.63. The van der Waals surface area contributed by atoms with Crippen LogP contribution in [-0.4, -0.2) is 31.5 Å². The highest BCUT2D eigenvalue weighted by molar-refractivity contribution is 7.90. The zero-order valence-electron chi connectivity index (χ0n) is 14.3. The Bertz CT molecular complexity index is 1160. The lowest BCUT2D eigenvalue weighted by Crippen LogP contribution is -2.24. The summed E-state index contributed by atoms with van der Waals surface area (Å²) in [6.07, 6.45) is 4.32. The number of nitrogens with two attached hydrogens (primary N) is 2. The Labute approximate surface area is 155 Å². The molecule has 0 saturated carbocycles. The zero-order chi connectivity index (χ0) is 19.6. The number of guanidine groups is 1. The highest BCUT2D eigenvalue weighted by Crippen LogP contribution is 2.33. The number of aromatic nitrogens is 1. The van der Waals surface area contributed by atoms with Gasteiger partial charge < -0.3 is 16.2 Å². The summed E-state index contributed by atoms with van der Waals surface area (Å²) in [5.41, 5.74) is 10.4. The fraction of sp³-hybridized carbons (Fsp3) is 0.0556. The average Bonchev–Trinajstić information content (AvgIpc) is 2.61. The second-order valence-electron chi connectivity index (χ2n) is 5.73. The number of sulfone groups is 1. The van der Waals surface area contributed by atoms with E-state index in [4.69, 9.17) is 16.2 Å². The number of fused-ring (bicyclic) bond motifs is 1. The van der Waals surface area contributed by atoms with E-state index >= 15 is 0 Å². The number of rotatable bonds is 4. The maximum absolute atomic E-state index is 12.2. The molecule has 0 aliphatic heterocycles. The minimum Gasteiger partial charge on any atom is -0.455 e. The lowest BCUT2D eigenvalue weighted by Gasteiger charge is -2.13.